The topological polar surface area (TPSA) is 80.4 Å². The molecule has 1 aliphatic rings. The second-order valence-corrected chi connectivity index (χ2v) is 8.24. The predicted molar refractivity (Wildman–Crippen MR) is 120 cm³/mol. The maximum absolute atomic E-state index is 13.6. The maximum atomic E-state index is 13.6. The number of fused-ring (bicyclic) bond motifs is 3. The van der Waals surface area contributed by atoms with Crippen LogP contribution in [-0.4, -0.2) is 38.3 Å². The van der Waals surface area contributed by atoms with Gasteiger partial charge in [-0.3, -0.25) is 9.59 Å². The third-order valence-corrected chi connectivity index (χ3v) is 6.10. The number of imidazole rings is 1. The zero-order chi connectivity index (χ0) is 22.1. The highest BCUT2D eigenvalue weighted by Gasteiger charge is 2.48. The summed E-state index contributed by atoms with van der Waals surface area (Å²) >= 11 is 0. The number of amides is 2. The molecule has 1 unspecified atom stereocenters. The number of hydrogen-bond acceptors (Lipinski definition) is 4. The van der Waals surface area contributed by atoms with Crippen molar-refractivity contribution in [3.8, 4) is 0 Å². The van der Waals surface area contributed by atoms with Gasteiger partial charge in [0.15, 0.2) is 5.82 Å². The first-order valence-electron chi connectivity index (χ1n) is 10.7. The quantitative estimate of drug-likeness (QED) is 0.510. The smallest absolute Gasteiger partial charge is 0.290 e. The van der Waals surface area contributed by atoms with Crippen molar-refractivity contribution < 1.29 is 14.0 Å². The standard InChI is InChI=1S/C25H24N4O3/c1-25(24(31)26-16-18-8-3-2-4-9-18)17-28-21-12-6-5-11-20(21)27-22(28)23(30)29(25)14-13-19-10-7-15-32-19/h2-12,15H,13-14,16-17H2,1H3,(H,26,31). The molecule has 1 N–H and O–H groups in total. The second-order valence-electron chi connectivity index (χ2n) is 8.24. The normalized spacial score (nSPS) is 18.0. The number of hydrogen-bond donors (Lipinski definition) is 1. The number of nitrogens with one attached hydrogen (secondary N) is 1. The van der Waals surface area contributed by atoms with E-state index in [2.05, 4.69) is 10.3 Å². The molecule has 0 radical (unpaired) electrons. The van der Waals surface area contributed by atoms with E-state index >= 15 is 0 Å². The van der Waals surface area contributed by atoms with Gasteiger partial charge in [0, 0.05) is 19.5 Å². The molecule has 4 aromatic rings. The van der Waals surface area contributed by atoms with Crippen molar-refractivity contribution in [1.29, 1.82) is 0 Å². The van der Waals surface area contributed by atoms with Crippen LogP contribution in [0, 0.1) is 0 Å². The van der Waals surface area contributed by atoms with Gasteiger partial charge in [-0.2, -0.15) is 0 Å². The molecule has 3 heterocycles. The molecule has 7 nitrogen and oxygen atoms in total. The summed E-state index contributed by atoms with van der Waals surface area (Å²) in [5, 5.41) is 3.03. The third kappa shape index (κ3) is 3.45. The number of rotatable bonds is 6. The third-order valence-electron chi connectivity index (χ3n) is 6.10. The van der Waals surface area contributed by atoms with Crippen molar-refractivity contribution in [3.05, 3.63) is 90.1 Å². The summed E-state index contributed by atoms with van der Waals surface area (Å²) in [6, 6.07) is 21.1. The number of furan rings is 1. The summed E-state index contributed by atoms with van der Waals surface area (Å²) in [6.45, 7) is 2.90. The lowest BCUT2D eigenvalue weighted by Crippen LogP contribution is -2.64. The molecule has 2 aromatic carbocycles. The van der Waals surface area contributed by atoms with Crippen LogP contribution < -0.4 is 5.32 Å². The summed E-state index contributed by atoms with van der Waals surface area (Å²) in [7, 11) is 0. The van der Waals surface area contributed by atoms with E-state index in [1.807, 2.05) is 78.2 Å². The highest BCUT2D eigenvalue weighted by Crippen LogP contribution is 2.31. The van der Waals surface area contributed by atoms with E-state index in [1.54, 1.807) is 11.2 Å². The van der Waals surface area contributed by atoms with Gasteiger partial charge in [0.1, 0.15) is 11.3 Å². The second kappa shape index (κ2) is 8.00. The summed E-state index contributed by atoms with van der Waals surface area (Å²) in [4.78, 5) is 33.3. The summed E-state index contributed by atoms with van der Waals surface area (Å²) in [5.41, 5.74) is 1.52. The van der Waals surface area contributed by atoms with Crippen LogP contribution in [0.2, 0.25) is 0 Å². The minimum atomic E-state index is -1.07. The maximum Gasteiger partial charge on any atom is 0.290 e. The van der Waals surface area contributed by atoms with Crippen molar-refractivity contribution in [3.63, 3.8) is 0 Å². The number of para-hydroxylation sites is 2. The molecule has 0 fully saturated rings. The molecule has 1 atom stereocenters. The van der Waals surface area contributed by atoms with Crippen LogP contribution in [0.5, 0.6) is 0 Å². The van der Waals surface area contributed by atoms with E-state index in [-0.39, 0.29) is 11.8 Å². The Bertz CT molecular complexity index is 1260. The van der Waals surface area contributed by atoms with E-state index in [0.29, 0.717) is 31.9 Å². The van der Waals surface area contributed by atoms with E-state index in [9.17, 15) is 9.59 Å². The molecule has 2 aromatic heterocycles. The Morgan fingerprint density at radius 1 is 1.09 bits per heavy atom. The molecule has 0 bridgehead atoms. The van der Waals surface area contributed by atoms with E-state index in [0.717, 1.165) is 22.4 Å². The Morgan fingerprint density at radius 2 is 1.88 bits per heavy atom. The first-order chi connectivity index (χ1) is 15.6. The van der Waals surface area contributed by atoms with Gasteiger partial charge < -0.3 is 19.2 Å². The zero-order valence-corrected chi connectivity index (χ0v) is 17.8. The first kappa shape index (κ1) is 20.1. The Kier molecular flexibility index (Phi) is 5.01. The van der Waals surface area contributed by atoms with Crippen molar-refractivity contribution in [1.82, 2.24) is 19.8 Å². The molecular weight excluding hydrogens is 404 g/mol. The number of nitrogens with zero attached hydrogens (tertiary/aromatic N) is 3. The van der Waals surface area contributed by atoms with Gasteiger partial charge in [0.2, 0.25) is 5.91 Å². The first-order valence-corrected chi connectivity index (χ1v) is 10.7. The van der Waals surface area contributed by atoms with Crippen LogP contribution in [0.4, 0.5) is 0 Å². The van der Waals surface area contributed by atoms with Crippen LogP contribution in [0.25, 0.3) is 11.0 Å². The highest BCUT2D eigenvalue weighted by atomic mass is 16.3. The lowest BCUT2D eigenvalue weighted by Gasteiger charge is -2.43. The Morgan fingerprint density at radius 3 is 2.66 bits per heavy atom. The Labute approximate surface area is 185 Å². The molecule has 0 saturated heterocycles. The average Bonchev–Trinajstić information content (AvgIpc) is 3.46. The fraction of sp³-hybridized carbons (Fsp3) is 0.240. The van der Waals surface area contributed by atoms with Gasteiger partial charge in [-0.05, 0) is 36.8 Å². The minimum absolute atomic E-state index is 0.197. The van der Waals surface area contributed by atoms with E-state index in [1.165, 1.54) is 0 Å². The lowest BCUT2D eigenvalue weighted by atomic mass is 9.94. The van der Waals surface area contributed by atoms with Gasteiger partial charge in [0.25, 0.3) is 5.91 Å². The van der Waals surface area contributed by atoms with Gasteiger partial charge in [-0.15, -0.1) is 0 Å². The number of carbonyl (C=O) groups is 2. The van der Waals surface area contributed by atoms with Gasteiger partial charge in [-0.25, -0.2) is 4.98 Å². The van der Waals surface area contributed by atoms with Crippen LogP contribution in [0.15, 0.2) is 77.4 Å². The van der Waals surface area contributed by atoms with Crippen molar-refractivity contribution >= 4 is 22.8 Å². The van der Waals surface area contributed by atoms with Crippen LogP contribution >= 0.6 is 0 Å². The molecule has 7 heteroatoms. The van der Waals surface area contributed by atoms with Crippen LogP contribution in [-0.2, 0) is 24.3 Å². The summed E-state index contributed by atoms with van der Waals surface area (Å²) in [5.74, 6) is 0.678. The number of benzene rings is 2. The average molecular weight is 428 g/mol. The number of aromatic nitrogens is 2. The fourth-order valence-electron chi connectivity index (χ4n) is 4.33. The summed E-state index contributed by atoms with van der Waals surface area (Å²) < 4.78 is 7.32. The van der Waals surface area contributed by atoms with Gasteiger partial charge in [-0.1, -0.05) is 42.5 Å². The molecule has 0 saturated carbocycles. The SMILES string of the molecule is CC1(C(=O)NCc2ccccc2)Cn2c(nc3ccccc32)C(=O)N1CCc1ccco1. The number of carbonyl (C=O) groups excluding carboxylic acids is 2. The fourth-order valence-corrected chi connectivity index (χ4v) is 4.33. The molecule has 162 valence electrons. The molecule has 2 amide bonds. The molecule has 0 spiro atoms. The largest absolute Gasteiger partial charge is 0.469 e. The van der Waals surface area contributed by atoms with Gasteiger partial charge in [0.05, 0.1) is 23.8 Å². The summed E-state index contributed by atoms with van der Waals surface area (Å²) in [6.07, 6.45) is 2.12. The molecule has 32 heavy (non-hydrogen) atoms. The molecule has 1 aliphatic heterocycles. The van der Waals surface area contributed by atoms with Crippen molar-refractivity contribution in [2.24, 2.45) is 0 Å². The zero-order valence-electron chi connectivity index (χ0n) is 17.8. The molecular formula is C25H24N4O3. The molecule has 0 aliphatic carbocycles. The lowest BCUT2D eigenvalue weighted by molar-refractivity contribution is -0.133. The highest BCUT2D eigenvalue weighted by molar-refractivity contribution is 6.01. The Hall–Kier alpha value is -3.87. The van der Waals surface area contributed by atoms with Crippen LogP contribution in [0.3, 0.4) is 0 Å². The minimum Gasteiger partial charge on any atom is -0.469 e. The van der Waals surface area contributed by atoms with Crippen LogP contribution in [0.1, 0.15) is 28.9 Å². The van der Waals surface area contributed by atoms with Crippen molar-refractivity contribution in [2.45, 2.75) is 32.0 Å². The van der Waals surface area contributed by atoms with E-state index < -0.39 is 5.54 Å². The molecule has 5 rings (SSSR count). The predicted octanol–water partition coefficient (Wildman–Crippen LogP) is 3.40. The van der Waals surface area contributed by atoms with E-state index in [4.69, 9.17) is 4.42 Å². The monoisotopic (exact) mass is 428 g/mol. The van der Waals surface area contributed by atoms with Gasteiger partial charge >= 0.3 is 0 Å². The Balaban J connectivity index is 1.49. The van der Waals surface area contributed by atoms with Crippen molar-refractivity contribution in [2.75, 3.05) is 6.54 Å².